The van der Waals surface area contributed by atoms with Crippen LogP contribution in [0.3, 0.4) is 0 Å². The molecule has 1 aliphatic carbocycles. The Kier molecular flexibility index (Phi) is 4.93. The second-order valence-corrected chi connectivity index (χ2v) is 7.26. The van der Waals surface area contributed by atoms with Crippen molar-refractivity contribution in [2.45, 2.75) is 30.7 Å². The SMILES string of the molecule is O=C1O[C@@]2(CCc3ccccc32)C(=O)N1C[C@H](O)COc1cccc(C(F)(F)F)c1. The molecule has 1 saturated heterocycles. The van der Waals surface area contributed by atoms with E-state index in [0.29, 0.717) is 18.4 Å². The molecule has 4 rings (SSSR count). The number of benzene rings is 2. The monoisotopic (exact) mass is 421 g/mol. The van der Waals surface area contributed by atoms with E-state index in [0.717, 1.165) is 22.6 Å². The van der Waals surface area contributed by atoms with Crippen LogP contribution in [-0.2, 0) is 27.7 Å². The van der Waals surface area contributed by atoms with Gasteiger partial charge in [-0.25, -0.2) is 9.69 Å². The number of fused-ring (bicyclic) bond motifs is 2. The molecule has 1 aliphatic heterocycles. The second kappa shape index (κ2) is 7.32. The Bertz CT molecular complexity index is 993. The minimum absolute atomic E-state index is 0.0830. The van der Waals surface area contributed by atoms with Gasteiger partial charge in [-0.2, -0.15) is 13.2 Å². The van der Waals surface area contributed by atoms with Crippen molar-refractivity contribution in [3.63, 3.8) is 0 Å². The number of aryl methyl sites for hydroxylation is 1. The average Bonchev–Trinajstić information content (AvgIpc) is 3.19. The number of carbonyl (C=O) groups excluding carboxylic acids is 2. The summed E-state index contributed by atoms with van der Waals surface area (Å²) >= 11 is 0. The smallest absolute Gasteiger partial charge is 0.418 e. The zero-order chi connectivity index (χ0) is 21.5. The summed E-state index contributed by atoms with van der Waals surface area (Å²) in [6, 6.07) is 11.4. The minimum Gasteiger partial charge on any atom is -0.491 e. The fraction of sp³-hybridized carbons (Fsp3) is 0.333. The number of carbonyl (C=O) groups is 2. The number of β-amino-alcohol motifs (C(OH)–C–C–N with tert-alkyl or cyclic N) is 1. The zero-order valence-electron chi connectivity index (χ0n) is 15.7. The first-order valence-electron chi connectivity index (χ1n) is 9.32. The third kappa shape index (κ3) is 3.49. The fourth-order valence-electron chi connectivity index (χ4n) is 3.83. The van der Waals surface area contributed by atoms with Crippen LogP contribution in [0, 0.1) is 0 Å². The van der Waals surface area contributed by atoms with E-state index in [-0.39, 0.29) is 12.3 Å². The molecule has 9 heteroatoms. The molecular formula is C21H18F3NO5. The number of amides is 2. The van der Waals surface area contributed by atoms with Gasteiger partial charge in [0.1, 0.15) is 18.5 Å². The van der Waals surface area contributed by atoms with Crippen molar-refractivity contribution >= 4 is 12.0 Å². The van der Waals surface area contributed by atoms with Crippen LogP contribution in [0.25, 0.3) is 0 Å². The van der Waals surface area contributed by atoms with E-state index in [1.807, 2.05) is 12.1 Å². The van der Waals surface area contributed by atoms with E-state index in [1.54, 1.807) is 12.1 Å². The van der Waals surface area contributed by atoms with Crippen molar-refractivity contribution in [3.05, 3.63) is 65.2 Å². The molecular weight excluding hydrogens is 403 g/mol. The average molecular weight is 421 g/mol. The molecule has 0 bridgehead atoms. The van der Waals surface area contributed by atoms with Crippen LogP contribution < -0.4 is 4.74 Å². The number of rotatable bonds is 5. The molecule has 30 heavy (non-hydrogen) atoms. The Morgan fingerprint density at radius 3 is 2.70 bits per heavy atom. The number of ether oxygens (including phenoxy) is 2. The lowest BCUT2D eigenvalue weighted by molar-refractivity contribution is -0.139. The highest BCUT2D eigenvalue weighted by Gasteiger charge is 2.58. The van der Waals surface area contributed by atoms with E-state index in [9.17, 15) is 27.9 Å². The van der Waals surface area contributed by atoms with Crippen molar-refractivity contribution in [2.24, 2.45) is 0 Å². The third-order valence-corrected chi connectivity index (χ3v) is 5.27. The summed E-state index contributed by atoms with van der Waals surface area (Å²) in [5.41, 5.74) is -0.695. The quantitative estimate of drug-likeness (QED) is 0.802. The normalized spacial score (nSPS) is 21.7. The topological polar surface area (TPSA) is 76.1 Å². The molecule has 1 fully saturated rings. The Morgan fingerprint density at radius 2 is 1.93 bits per heavy atom. The molecule has 2 aromatic carbocycles. The fourth-order valence-corrected chi connectivity index (χ4v) is 3.83. The number of nitrogens with zero attached hydrogens (tertiary/aromatic N) is 1. The summed E-state index contributed by atoms with van der Waals surface area (Å²) in [6.07, 6.45) is -5.78. The molecule has 1 heterocycles. The van der Waals surface area contributed by atoms with Gasteiger partial charge in [0.05, 0.1) is 12.1 Å². The highest BCUT2D eigenvalue weighted by atomic mass is 19.4. The molecule has 0 radical (unpaired) electrons. The second-order valence-electron chi connectivity index (χ2n) is 7.26. The highest BCUT2D eigenvalue weighted by Crippen LogP contribution is 2.45. The lowest BCUT2D eigenvalue weighted by Gasteiger charge is -2.21. The van der Waals surface area contributed by atoms with Crippen LogP contribution in [0.2, 0.25) is 0 Å². The standard InChI is InChI=1S/C21H18F3NO5/c22-21(23,24)14-5-3-6-16(10-14)29-12-15(26)11-25-18(27)20(30-19(25)28)9-8-13-4-1-2-7-17(13)20/h1-7,10,15,26H,8-9,11-12H2/t15-,20+/m0/s1. The van der Waals surface area contributed by atoms with Crippen LogP contribution >= 0.6 is 0 Å². The number of alkyl halides is 3. The number of hydrogen-bond donors (Lipinski definition) is 1. The highest BCUT2D eigenvalue weighted by molar-refractivity contribution is 6.04. The van der Waals surface area contributed by atoms with Gasteiger partial charge in [-0.05, 0) is 30.2 Å². The van der Waals surface area contributed by atoms with Crippen molar-refractivity contribution < 1.29 is 37.3 Å². The van der Waals surface area contributed by atoms with Gasteiger partial charge in [0, 0.05) is 12.0 Å². The van der Waals surface area contributed by atoms with Crippen LogP contribution in [-0.4, -0.2) is 41.3 Å². The van der Waals surface area contributed by atoms with Gasteiger partial charge in [-0.3, -0.25) is 4.79 Å². The van der Waals surface area contributed by atoms with E-state index in [2.05, 4.69) is 0 Å². The van der Waals surface area contributed by atoms with E-state index in [1.165, 1.54) is 12.1 Å². The first-order chi connectivity index (χ1) is 14.2. The largest absolute Gasteiger partial charge is 0.491 e. The van der Waals surface area contributed by atoms with E-state index >= 15 is 0 Å². The van der Waals surface area contributed by atoms with Crippen molar-refractivity contribution in [3.8, 4) is 5.75 Å². The van der Waals surface area contributed by atoms with Gasteiger partial charge in [0.2, 0.25) is 5.60 Å². The molecule has 2 atom stereocenters. The van der Waals surface area contributed by atoms with Crippen LogP contribution in [0.4, 0.5) is 18.0 Å². The first kappa shape index (κ1) is 20.2. The molecule has 1 spiro atoms. The maximum atomic E-state index is 13.0. The van der Waals surface area contributed by atoms with Crippen LogP contribution in [0.15, 0.2) is 48.5 Å². The Balaban J connectivity index is 1.42. The Labute approximate surface area is 169 Å². The predicted octanol–water partition coefficient (Wildman–Crippen LogP) is 3.27. The zero-order valence-corrected chi connectivity index (χ0v) is 15.7. The lowest BCUT2D eigenvalue weighted by Crippen LogP contribution is -2.42. The lowest BCUT2D eigenvalue weighted by atomic mass is 9.95. The predicted molar refractivity (Wildman–Crippen MR) is 97.6 cm³/mol. The summed E-state index contributed by atoms with van der Waals surface area (Å²) < 4.78 is 49.0. The molecule has 1 N–H and O–H groups in total. The molecule has 0 aromatic heterocycles. The molecule has 2 aliphatic rings. The molecule has 0 saturated carbocycles. The number of aliphatic hydroxyl groups is 1. The summed E-state index contributed by atoms with van der Waals surface area (Å²) in [7, 11) is 0. The molecule has 2 amide bonds. The Hall–Kier alpha value is -3.07. The van der Waals surface area contributed by atoms with Crippen molar-refractivity contribution in [1.29, 1.82) is 0 Å². The summed E-state index contributed by atoms with van der Waals surface area (Å²) in [6.45, 7) is -0.789. The van der Waals surface area contributed by atoms with Gasteiger partial charge in [-0.1, -0.05) is 30.3 Å². The maximum absolute atomic E-state index is 13.0. The van der Waals surface area contributed by atoms with E-state index < -0.39 is 42.1 Å². The molecule has 2 aromatic rings. The van der Waals surface area contributed by atoms with Gasteiger partial charge < -0.3 is 14.6 Å². The van der Waals surface area contributed by atoms with Gasteiger partial charge in [0.15, 0.2) is 0 Å². The molecule has 158 valence electrons. The Morgan fingerprint density at radius 1 is 1.17 bits per heavy atom. The van der Waals surface area contributed by atoms with Crippen molar-refractivity contribution in [1.82, 2.24) is 4.90 Å². The van der Waals surface area contributed by atoms with Gasteiger partial charge in [-0.15, -0.1) is 0 Å². The minimum atomic E-state index is -4.52. The van der Waals surface area contributed by atoms with Crippen LogP contribution in [0.1, 0.15) is 23.1 Å². The van der Waals surface area contributed by atoms with Crippen molar-refractivity contribution in [2.75, 3.05) is 13.2 Å². The van der Waals surface area contributed by atoms with E-state index in [4.69, 9.17) is 9.47 Å². The summed E-state index contributed by atoms with van der Waals surface area (Å²) in [5.74, 6) is -0.643. The summed E-state index contributed by atoms with van der Waals surface area (Å²) in [5, 5.41) is 10.2. The number of aliphatic hydroxyl groups excluding tert-OH is 1. The maximum Gasteiger partial charge on any atom is 0.418 e. The summed E-state index contributed by atoms with van der Waals surface area (Å²) in [4.78, 5) is 26.1. The number of imide groups is 1. The third-order valence-electron chi connectivity index (χ3n) is 5.27. The van der Waals surface area contributed by atoms with Gasteiger partial charge in [0.25, 0.3) is 5.91 Å². The molecule has 0 unspecified atom stereocenters. The molecule has 6 nitrogen and oxygen atoms in total. The van der Waals surface area contributed by atoms with Crippen LogP contribution in [0.5, 0.6) is 5.75 Å². The van der Waals surface area contributed by atoms with Gasteiger partial charge >= 0.3 is 12.3 Å². The number of hydrogen-bond acceptors (Lipinski definition) is 5. The number of halogens is 3. The first-order valence-corrected chi connectivity index (χ1v) is 9.32.